The van der Waals surface area contributed by atoms with Gasteiger partial charge in [0.1, 0.15) is 6.29 Å². The minimum absolute atomic E-state index is 0.416. The monoisotopic (exact) mass is 266 g/mol. The molecular weight excluding hydrogens is 232 g/mol. The average molecular weight is 266 g/mol. The van der Waals surface area contributed by atoms with E-state index in [2.05, 4.69) is 47.6 Å². The van der Waals surface area contributed by atoms with Gasteiger partial charge in [-0.05, 0) is 49.4 Å². The highest BCUT2D eigenvalue weighted by Gasteiger charge is 2.35. The van der Waals surface area contributed by atoms with Crippen molar-refractivity contribution >= 4 is 6.29 Å². The zero-order valence-corrected chi connectivity index (χ0v) is 14.1. The van der Waals surface area contributed by atoms with Gasteiger partial charge in [0, 0.05) is 0 Å². The molecule has 0 aliphatic heterocycles. The van der Waals surface area contributed by atoms with E-state index in [1.807, 2.05) is 0 Å². The van der Waals surface area contributed by atoms with Gasteiger partial charge in [-0.2, -0.15) is 0 Å². The van der Waals surface area contributed by atoms with E-state index in [0.717, 1.165) is 24.0 Å². The molecule has 1 nitrogen and oxygen atoms in total. The third-order valence-electron chi connectivity index (χ3n) is 4.32. The molecule has 112 valence electrons. The van der Waals surface area contributed by atoms with Gasteiger partial charge in [-0.15, -0.1) is 0 Å². The summed E-state index contributed by atoms with van der Waals surface area (Å²) in [5.41, 5.74) is 2.16. The van der Waals surface area contributed by atoms with Gasteiger partial charge in [0.05, 0.1) is 0 Å². The van der Waals surface area contributed by atoms with Crippen LogP contribution < -0.4 is 0 Å². The van der Waals surface area contributed by atoms with E-state index < -0.39 is 0 Å². The van der Waals surface area contributed by atoms with Crippen LogP contribution in [0, 0.1) is 23.2 Å². The first kappa shape index (κ1) is 18.4. The lowest BCUT2D eigenvalue weighted by molar-refractivity contribution is -0.106. The highest BCUT2D eigenvalue weighted by molar-refractivity contribution is 5.44. The van der Waals surface area contributed by atoms with Gasteiger partial charge in [0.15, 0.2) is 0 Å². The van der Waals surface area contributed by atoms with Crippen LogP contribution >= 0.6 is 0 Å². The molecule has 0 saturated carbocycles. The van der Waals surface area contributed by atoms with Crippen molar-refractivity contribution in [2.24, 2.45) is 23.2 Å². The van der Waals surface area contributed by atoms with Crippen LogP contribution in [-0.4, -0.2) is 6.29 Å². The lowest BCUT2D eigenvalue weighted by Crippen LogP contribution is -2.31. The highest BCUT2D eigenvalue weighted by atomic mass is 16.1. The largest absolute Gasteiger partial charge is 0.304 e. The fourth-order valence-electron chi connectivity index (χ4n) is 3.48. The summed E-state index contributed by atoms with van der Waals surface area (Å²) in [6.07, 6.45) is 8.58. The van der Waals surface area contributed by atoms with Crippen molar-refractivity contribution in [3.8, 4) is 0 Å². The van der Waals surface area contributed by atoms with Crippen LogP contribution in [0.4, 0.5) is 0 Å². The second kappa shape index (κ2) is 8.55. The topological polar surface area (TPSA) is 17.1 Å². The van der Waals surface area contributed by atoms with E-state index in [1.165, 1.54) is 32.6 Å². The van der Waals surface area contributed by atoms with Gasteiger partial charge in [0.2, 0.25) is 0 Å². The van der Waals surface area contributed by atoms with Gasteiger partial charge >= 0.3 is 0 Å². The molecule has 0 heterocycles. The zero-order valence-electron chi connectivity index (χ0n) is 14.1. The zero-order chi connectivity index (χ0) is 15.1. The summed E-state index contributed by atoms with van der Waals surface area (Å²) in [6, 6.07) is 0. The number of carbonyl (C=O) groups excluding carboxylic acids is 1. The van der Waals surface area contributed by atoms with Crippen molar-refractivity contribution in [3.63, 3.8) is 0 Å². The summed E-state index contributed by atoms with van der Waals surface area (Å²) >= 11 is 0. The Morgan fingerprint density at radius 2 is 1.84 bits per heavy atom. The number of hydrogen-bond acceptors (Lipinski definition) is 1. The average Bonchev–Trinajstić information content (AvgIpc) is 2.40. The van der Waals surface area contributed by atoms with E-state index in [9.17, 15) is 0 Å². The third kappa shape index (κ3) is 5.93. The van der Waals surface area contributed by atoms with Gasteiger partial charge in [-0.1, -0.05) is 59.6 Å². The maximum absolute atomic E-state index is 8.81. The highest BCUT2D eigenvalue weighted by Crippen LogP contribution is 2.45. The first-order valence-electron chi connectivity index (χ1n) is 7.88. The minimum atomic E-state index is 0.416. The Bertz CT molecular complexity index is 283. The SMILES string of the molecule is CC=O.CCCC1=CCC[C@H](C)[C@H](C)C1C(C)(C)C. The maximum Gasteiger partial charge on any atom is 0.116 e. The lowest BCUT2D eigenvalue weighted by Gasteiger charge is -2.39. The summed E-state index contributed by atoms with van der Waals surface area (Å²) in [5.74, 6) is 2.49. The van der Waals surface area contributed by atoms with Gasteiger partial charge < -0.3 is 4.79 Å². The number of allylic oxidation sites excluding steroid dienone is 2. The van der Waals surface area contributed by atoms with E-state index in [-0.39, 0.29) is 0 Å². The number of carbonyl (C=O) groups is 1. The molecule has 0 fully saturated rings. The van der Waals surface area contributed by atoms with Crippen molar-refractivity contribution < 1.29 is 4.79 Å². The third-order valence-corrected chi connectivity index (χ3v) is 4.32. The molecule has 0 N–H and O–H groups in total. The molecule has 0 bridgehead atoms. The Morgan fingerprint density at radius 3 is 2.26 bits per heavy atom. The van der Waals surface area contributed by atoms with Crippen molar-refractivity contribution in [1.82, 2.24) is 0 Å². The Balaban J connectivity index is 0.000000982. The van der Waals surface area contributed by atoms with E-state index in [0.29, 0.717) is 5.41 Å². The standard InChI is InChI=1S/C16H30.C2H4O/c1-7-9-14-11-8-10-12(2)13(3)15(14)16(4,5)6;1-2-3/h11-13,15H,7-10H2,1-6H3;2H,1H3/t12-,13-,15?;/m0./s1. The molecule has 0 aromatic heterocycles. The molecule has 1 rings (SSSR count). The van der Waals surface area contributed by atoms with Gasteiger partial charge in [-0.25, -0.2) is 0 Å². The van der Waals surface area contributed by atoms with E-state index >= 15 is 0 Å². The summed E-state index contributed by atoms with van der Waals surface area (Å²) in [5, 5.41) is 0. The smallest absolute Gasteiger partial charge is 0.116 e. The molecule has 0 radical (unpaired) electrons. The molecular formula is C18H34O. The summed E-state index contributed by atoms with van der Waals surface area (Å²) in [4.78, 5) is 8.81. The predicted octanol–water partition coefficient (Wildman–Crippen LogP) is 5.65. The molecule has 19 heavy (non-hydrogen) atoms. The number of rotatable bonds is 2. The maximum atomic E-state index is 8.81. The molecule has 1 aliphatic carbocycles. The Labute approximate surface area is 120 Å². The summed E-state index contributed by atoms with van der Waals surface area (Å²) in [6.45, 7) is 15.9. The van der Waals surface area contributed by atoms with Crippen LogP contribution in [0.15, 0.2) is 11.6 Å². The van der Waals surface area contributed by atoms with Crippen LogP contribution in [0.1, 0.15) is 74.1 Å². The Kier molecular flexibility index (Phi) is 8.29. The summed E-state index contributed by atoms with van der Waals surface area (Å²) < 4.78 is 0. The van der Waals surface area contributed by atoms with Crippen LogP contribution in [0.25, 0.3) is 0 Å². The van der Waals surface area contributed by atoms with Crippen LogP contribution in [0.3, 0.4) is 0 Å². The molecule has 0 saturated heterocycles. The van der Waals surface area contributed by atoms with Gasteiger partial charge in [-0.3, -0.25) is 0 Å². The number of hydrogen-bond donors (Lipinski definition) is 0. The predicted molar refractivity (Wildman–Crippen MR) is 85.2 cm³/mol. The molecule has 0 spiro atoms. The molecule has 3 atom stereocenters. The Morgan fingerprint density at radius 1 is 1.32 bits per heavy atom. The van der Waals surface area contributed by atoms with Gasteiger partial charge in [0.25, 0.3) is 0 Å². The molecule has 0 aromatic rings. The molecule has 0 aromatic carbocycles. The second-order valence-electron chi connectivity index (χ2n) is 7.02. The molecule has 0 amide bonds. The fourth-order valence-corrected chi connectivity index (χ4v) is 3.48. The van der Waals surface area contributed by atoms with E-state index in [4.69, 9.17) is 4.79 Å². The molecule has 1 unspecified atom stereocenters. The van der Waals surface area contributed by atoms with Crippen molar-refractivity contribution in [2.45, 2.75) is 74.1 Å². The van der Waals surface area contributed by atoms with E-state index in [1.54, 1.807) is 5.57 Å². The first-order valence-corrected chi connectivity index (χ1v) is 7.88. The minimum Gasteiger partial charge on any atom is -0.304 e. The molecule has 1 aliphatic rings. The quantitative estimate of drug-likeness (QED) is 0.466. The van der Waals surface area contributed by atoms with Crippen molar-refractivity contribution in [2.75, 3.05) is 0 Å². The normalized spacial score (nSPS) is 27.7. The second-order valence-corrected chi connectivity index (χ2v) is 7.02. The lowest BCUT2D eigenvalue weighted by atomic mass is 9.66. The molecule has 1 heteroatoms. The number of aldehydes is 1. The van der Waals surface area contributed by atoms with Crippen LogP contribution in [0.2, 0.25) is 0 Å². The fraction of sp³-hybridized carbons (Fsp3) is 0.833. The first-order chi connectivity index (χ1) is 8.79. The van der Waals surface area contributed by atoms with Crippen molar-refractivity contribution in [3.05, 3.63) is 11.6 Å². The van der Waals surface area contributed by atoms with Crippen LogP contribution in [0.5, 0.6) is 0 Å². The van der Waals surface area contributed by atoms with Crippen LogP contribution in [-0.2, 0) is 4.79 Å². The Hall–Kier alpha value is -0.590. The van der Waals surface area contributed by atoms with Crippen molar-refractivity contribution in [1.29, 1.82) is 0 Å². The summed E-state index contributed by atoms with van der Waals surface area (Å²) in [7, 11) is 0.